The first-order valence-corrected chi connectivity index (χ1v) is 24.6. The Bertz CT molecular complexity index is 1470. The maximum atomic E-state index is 11.3. The molecule has 21 saturated heterocycles. The number of aliphatic hydroxyl groups is 21. The second-order valence-corrected chi connectivity index (χ2v) is 19.7. The maximum Gasteiger partial charge on any atom is 0.187 e. The van der Waals surface area contributed by atoms with E-state index in [-0.39, 0.29) is 0 Å². The van der Waals surface area contributed by atoms with Crippen molar-refractivity contribution < 1.29 is 174 Å². The molecule has 35 nitrogen and oxygen atoms in total. The number of ether oxygens (including phenoxy) is 14. The van der Waals surface area contributed by atoms with Gasteiger partial charge in [0.25, 0.3) is 0 Å². The summed E-state index contributed by atoms with van der Waals surface area (Å²) < 4.78 is 79.5. The molecule has 21 rings (SSSR count). The Morgan fingerprint density at radius 2 is 0.260 bits per heavy atom. The van der Waals surface area contributed by atoms with Crippen LogP contribution in [0, 0.1) is 0 Å². The smallest absolute Gasteiger partial charge is 0.187 e. The largest absolute Gasteiger partial charge is 0.394 e. The molecule has 0 spiro atoms. The van der Waals surface area contributed by atoms with Gasteiger partial charge in [0.05, 0.1) is 46.2 Å². The molecule has 14 unspecified atom stereocenters. The second-order valence-electron chi connectivity index (χ2n) is 19.7. The third kappa shape index (κ3) is 12.1. The van der Waals surface area contributed by atoms with Crippen molar-refractivity contribution in [3.63, 3.8) is 0 Å². The zero-order chi connectivity index (χ0) is 56.1. The van der Waals surface area contributed by atoms with Crippen LogP contribution in [-0.4, -0.2) is 368 Å². The molecule has 35 atom stereocenters. The molecule has 448 valence electrons. The van der Waals surface area contributed by atoms with E-state index in [1.54, 1.807) is 0 Å². The highest BCUT2D eigenvalue weighted by Gasteiger charge is 2.59. The van der Waals surface area contributed by atoms with Crippen molar-refractivity contribution >= 4 is 0 Å². The number of rotatable bonds is 7. The van der Waals surface area contributed by atoms with Gasteiger partial charge in [-0.25, -0.2) is 0 Å². The van der Waals surface area contributed by atoms with Gasteiger partial charge in [-0.05, 0) is 0 Å². The Balaban J connectivity index is 1.08. The third-order valence-electron chi connectivity index (χ3n) is 14.8. The standard InChI is InChI=1S/C42H70O35/c43-1-8-29-15(50)22(57)36(64-8)72-30-9(2-44)66-38(24(59)17(30)52)74-32-11(4-46)68-40(26(61)19(32)54)76-34-13(6-48)70-42(28(63)21(34)56)77-35-14(7-49)69-41(27(62)20(35)55)75-33-12(5-47)67-39(25(60)18(33)53)73-31-10(3-45)65-37(71-29)23(58)16(31)51/h8-63H,1-7H2/t8?,9?,10?,11?,12?,13?,14?,15-,16-,17-,18-,19+,20+,21-,22?,23?,24?,25?,26?,27?,28?,29-,30-,31-,32-,33-,34-,35-,36-,37-,38+,39+,40-,41+,42+/m1/s1. The molecule has 0 aromatic rings. The summed E-state index contributed by atoms with van der Waals surface area (Å²) in [6.07, 6.45) is -70.2. The maximum absolute atomic E-state index is 11.3. The summed E-state index contributed by atoms with van der Waals surface area (Å²) in [5.74, 6) is 0. The molecule has 0 aliphatic carbocycles. The first kappa shape index (κ1) is 61.7. The number of hydrogen-bond acceptors (Lipinski definition) is 35. The minimum absolute atomic E-state index is 1.05. The lowest BCUT2D eigenvalue weighted by Gasteiger charge is -2.50. The van der Waals surface area contributed by atoms with E-state index in [0.717, 1.165) is 0 Å². The Kier molecular flexibility index (Phi) is 20.8. The monoisotopic (exact) mass is 1130 g/mol. The molecule has 0 aromatic carbocycles. The average Bonchev–Trinajstić information content (AvgIpc) is 3.47. The molecule has 77 heavy (non-hydrogen) atoms. The van der Waals surface area contributed by atoms with Crippen molar-refractivity contribution in [2.24, 2.45) is 0 Å². The Hall–Kier alpha value is -1.40. The summed E-state index contributed by atoms with van der Waals surface area (Å²) in [6, 6.07) is 0. The summed E-state index contributed by atoms with van der Waals surface area (Å²) in [4.78, 5) is 0. The molecule has 21 aliphatic heterocycles. The topological polar surface area (TPSA) is 554 Å². The lowest BCUT2D eigenvalue weighted by atomic mass is 9.95. The molecule has 21 N–H and O–H groups in total. The van der Waals surface area contributed by atoms with Gasteiger partial charge in [-0.3, -0.25) is 0 Å². The van der Waals surface area contributed by atoms with Crippen LogP contribution in [0.25, 0.3) is 0 Å². The molecule has 0 amide bonds. The van der Waals surface area contributed by atoms with Gasteiger partial charge >= 0.3 is 0 Å². The van der Waals surface area contributed by atoms with Crippen molar-refractivity contribution in [2.75, 3.05) is 46.2 Å². The Morgan fingerprint density at radius 3 is 0.351 bits per heavy atom. The van der Waals surface area contributed by atoms with Crippen LogP contribution in [-0.2, 0) is 66.3 Å². The van der Waals surface area contributed by atoms with Crippen LogP contribution in [0.5, 0.6) is 0 Å². The van der Waals surface area contributed by atoms with Crippen molar-refractivity contribution in [3.8, 4) is 0 Å². The molecule has 0 saturated carbocycles. The summed E-state index contributed by atoms with van der Waals surface area (Å²) in [7, 11) is 0. The molecule has 21 fully saturated rings. The zero-order valence-corrected chi connectivity index (χ0v) is 40.3. The Morgan fingerprint density at radius 1 is 0.156 bits per heavy atom. The van der Waals surface area contributed by atoms with E-state index in [9.17, 15) is 107 Å². The van der Waals surface area contributed by atoms with E-state index in [2.05, 4.69) is 0 Å². The van der Waals surface area contributed by atoms with Gasteiger partial charge in [0.2, 0.25) is 0 Å². The zero-order valence-electron chi connectivity index (χ0n) is 40.3. The third-order valence-corrected chi connectivity index (χ3v) is 14.8. The van der Waals surface area contributed by atoms with Crippen LogP contribution < -0.4 is 0 Å². The van der Waals surface area contributed by atoms with E-state index in [0.29, 0.717) is 0 Å². The van der Waals surface area contributed by atoms with Crippen LogP contribution in [0.1, 0.15) is 0 Å². The minimum Gasteiger partial charge on any atom is -0.394 e. The fraction of sp³-hybridized carbons (Fsp3) is 1.00. The fourth-order valence-electron chi connectivity index (χ4n) is 10.4. The van der Waals surface area contributed by atoms with E-state index in [4.69, 9.17) is 66.3 Å². The van der Waals surface area contributed by atoms with Crippen molar-refractivity contribution in [2.45, 2.75) is 215 Å². The van der Waals surface area contributed by atoms with Crippen molar-refractivity contribution in [3.05, 3.63) is 0 Å². The normalized spacial score (nSPS) is 55.4. The molecular weight excluding hydrogens is 1060 g/mol. The van der Waals surface area contributed by atoms with Gasteiger partial charge in [0.15, 0.2) is 44.0 Å². The molecule has 0 aromatic heterocycles. The average molecular weight is 1130 g/mol. The lowest BCUT2D eigenvalue weighted by molar-refractivity contribution is -0.396. The predicted octanol–water partition coefficient (Wildman–Crippen LogP) is -15.2. The predicted molar refractivity (Wildman–Crippen MR) is 228 cm³/mol. The quantitative estimate of drug-likeness (QED) is 0.113. The van der Waals surface area contributed by atoms with Crippen molar-refractivity contribution in [1.29, 1.82) is 0 Å². The minimum atomic E-state index is -2.21. The van der Waals surface area contributed by atoms with Crippen LogP contribution in [0.15, 0.2) is 0 Å². The first-order valence-electron chi connectivity index (χ1n) is 24.6. The fourth-order valence-corrected chi connectivity index (χ4v) is 10.4. The number of aliphatic hydroxyl groups excluding tert-OH is 21. The van der Waals surface area contributed by atoms with E-state index < -0.39 is 261 Å². The van der Waals surface area contributed by atoms with Crippen LogP contribution in [0.3, 0.4) is 0 Å². The summed E-state index contributed by atoms with van der Waals surface area (Å²) in [6.45, 7) is -7.33. The van der Waals surface area contributed by atoms with Gasteiger partial charge in [0.1, 0.15) is 171 Å². The molecule has 14 bridgehead atoms. The molecule has 35 heteroatoms. The SMILES string of the molecule is OCC1O[C@@H]2O[C@@H]3C(CO)O[C@@H](O[C@@H]4C(CO)O[C@H](O[C@@H]5C(CO)O[C@@H](O[C@@H]6C(CO)O[C@@H](O[C@@H]7C(CO)O[C@@H](O[C@@H]8C(CO)O[C@H](O[C@H]1[C@H](O)C2O)C(O)[C@H]8O)C(O)[C@H]7O)C(O)[C@@H]6O)C(O)[C@H]5O)C(O)[C@@H]4O)C(O)[C@H]3O. The summed E-state index contributed by atoms with van der Waals surface area (Å²) in [5, 5.41) is 230. The van der Waals surface area contributed by atoms with Crippen LogP contribution >= 0.6 is 0 Å². The van der Waals surface area contributed by atoms with Crippen LogP contribution in [0.4, 0.5) is 0 Å². The van der Waals surface area contributed by atoms with E-state index in [1.807, 2.05) is 0 Å². The van der Waals surface area contributed by atoms with Crippen LogP contribution in [0.2, 0.25) is 0 Å². The summed E-state index contributed by atoms with van der Waals surface area (Å²) in [5.41, 5.74) is 0. The summed E-state index contributed by atoms with van der Waals surface area (Å²) >= 11 is 0. The van der Waals surface area contributed by atoms with Gasteiger partial charge in [-0.1, -0.05) is 0 Å². The highest BCUT2D eigenvalue weighted by atomic mass is 16.8. The number of hydrogen-bond donors (Lipinski definition) is 21. The molecule has 0 radical (unpaired) electrons. The Labute approximate surface area is 434 Å². The molecular formula is C42H70O35. The van der Waals surface area contributed by atoms with Gasteiger partial charge < -0.3 is 174 Å². The lowest BCUT2D eigenvalue weighted by Crippen LogP contribution is -2.68. The highest BCUT2D eigenvalue weighted by molar-refractivity contribution is 5.01. The highest BCUT2D eigenvalue weighted by Crippen LogP contribution is 2.39. The van der Waals surface area contributed by atoms with Gasteiger partial charge in [-0.2, -0.15) is 0 Å². The van der Waals surface area contributed by atoms with Crippen molar-refractivity contribution in [1.82, 2.24) is 0 Å². The molecule has 21 aliphatic rings. The first-order chi connectivity index (χ1) is 36.7. The van der Waals surface area contributed by atoms with E-state index in [1.165, 1.54) is 0 Å². The molecule has 21 heterocycles. The second kappa shape index (κ2) is 26.0. The van der Waals surface area contributed by atoms with Gasteiger partial charge in [0, 0.05) is 0 Å². The van der Waals surface area contributed by atoms with Gasteiger partial charge in [-0.15, -0.1) is 0 Å². The van der Waals surface area contributed by atoms with E-state index >= 15 is 0 Å².